The molecule has 0 unspecified atom stereocenters. The van der Waals surface area contributed by atoms with Crippen molar-refractivity contribution in [1.29, 1.82) is 0 Å². The first-order valence-electron chi connectivity index (χ1n) is 5.94. The molecule has 0 atom stereocenters. The van der Waals surface area contributed by atoms with Crippen LogP contribution in [-0.2, 0) is 6.54 Å². The van der Waals surface area contributed by atoms with Crippen molar-refractivity contribution in [3.05, 3.63) is 29.6 Å². The van der Waals surface area contributed by atoms with Crippen molar-refractivity contribution in [2.24, 2.45) is 0 Å². The molecule has 2 amide bonds. The van der Waals surface area contributed by atoms with E-state index in [1.165, 1.54) is 0 Å². The van der Waals surface area contributed by atoms with E-state index in [0.717, 1.165) is 16.6 Å². The molecule has 0 saturated heterocycles. The molecule has 9 nitrogen and oxygen atoms in total. The number of rotatable bonds is 3. The largest absolute Gasteiger partial charge is 0.340 e. The highest BCUT2D eigenvalue weighted by atomic mass is 16.2. The van der Waals surface area contributed by atoms with E-state index >= 15 is 0 Å². The number of carbonyl (C=O) groups excluding carboxylic acids is 1. The zero-order valence-corrected chi connectivity index (χ0v) is 10.6. The van der Waals surface area contributed by atoms with Crippen LogP contribution >= 0.6 is 0 Å². The number of anilines is 1. The van der Waals surface area contributed by atoms with E-state index in [9.17, 15) is 4.79 Å². The van der Waals surface area contributed by atoms with Crippen LogP contribution in [0.15, 0.2) is 18.2 Å². The zero-order chi connectivity index (χ0) is 13.9. The first-order chi connectivity index (χ1) is 9.70. The van der Waals surface area contributed by atoms with Gasteiger partial charge in [-0.1, -0.05) is 11.2 Å². The summed E-state index contributed by atoms with van der Waals surface area (Å²) in [5.41, 5.74) is 2.96. The van der Waals surface area contributed by atoms with Crippen LogP contribution < -0.4 is 10.6 Å². The van der Waals surface area contributed by atoms with Crippen LogP contribution in [-0.4, -0.2) is 36.6 Å². The lowest BCUT2D eigenvalue weighted by Gasteiger charge is -2.01. The van der Waals surface area contributed by atoms with E-state index in [0.29, 0.717) is 5.82 Å². The second-order valence-corrected chi connectivity index (χ2v) is 4.25. The summed E-state index contributed by atoms with van der Waals surface area (Å²) in [5.74, 6) is 0.789. The van der Waals surface area contributed by atoms with Crippen LogP contribution in [0.2, 0.25) is 0 Å². The number of benzene rings is 1. The molecule has 3 aromatic rings. The maximum Gasteiger partial charge on any atom is 0.322 e. The Morgan fingerprint density at radius 3 is 3.10 bits per heavy atom. The predicted octanol–water partition coefficient (Wildman–Crippen LogP) is 0.706. The topological polar surface area (TPSA) is 124 Å². The summed E-state index contributed by atoms with van der Waals surface area (Å²) in [6, 6.07) is 5.50. The fourth-order valence-electron chi connectivity index (χ4n) is 1.78. The molecule has 0 spiro atoms. The van der Waals surface area contributed by atoms with Gasteiger partial charge < -0.3 is 10.3 Å². The van der Waals surface area contributed by atoms with Crippen LogP contribution in [0.1, 0.15) is 11.4 Å². The number of aromatic nitrogens is 6. The molecule has 0 aliphatic heterocycles. The fraction of sp³-hybridized carbons (Fsp3) is 0.182. The van der Waals surface area contributed by atoms with Gasteiger partial charge in [-0.25, -0.2) is 9.78 Å². The fourth-order valence-corrected chi connectivity index (χ4v) is 1.78. The summed E-state index contributed by atoms with van der Waals surface area (Å²) >= 11 is 0. The van der Waals surface area contributed by atoms with Gasteiger partial charge in [-0.3, -0.25) is 5.32 Å². The smallest absolute Gasteiger partial charge is 0.322 e. The van der Waals surface area contributed by atoms with Gasteiger partial charge in [0.05, 0.1) is 17.6 Å². The average Bonchev–Trinajstić information content (AvgIpc) is 3.04. The number of hydrogen-bond acceptors (Lipinski definition) is 5. The number of aromatic amines is 2. The minimum Gasteiger partial charge on any atom is -0.340 e. The summed E-state index contributed by atoms with van der Waals surface area (Å²) in [4.78, 5) is 19.1. The summed E-state index contributed by atoms with van der Waals surface area (Å²) in [7, 11) is 0. The average molecular weight is 272 g/mol. The standard InChI is InChI=1S/C11H12N8O/c1-6-2-3-7-8(4-6)14-9(13-7)5-12-11(20)15-10-16-18-19-17-10/h2-4H,5H2,1H3,(H,13,14)(H3,12,15,16,17,18,19,20). The zero-order valence-electron chi connectivity index (χ0n) is 10.6. The number of aryl methyl sites for hydroxylation is 1. The predicted molar refractivity (Wildman–Crippen MR) is 70.9 cm³/mol. The quantitative estimate of drug-likeness (QED) is 0.558. The molecule has 0 radical (unpaired) electrons. The molecule has 4 N–H and O–H groups in total. The number of fused-ring (bicyclic) bond motifs is 1. The Balaban J connectivity index is 1.63. The van der Waals surface area contributed by atoms with Gasteiger partial charge in [0.25, 0.3) is 5.95 Å². The molecule has 102 valence electrons. The van der Waals surface area contributed by atoms with E-state index in [1.54, 1.807) is 0 Å². The van der Waals surface area contributed by atoms with Crippen molar-refractivity contribution >= 4 is 23.0 Å². The van der Waals surface area contributed by atoms with Crippen molar-refractivity contribution in [2.45, 2.75) is 13.5 Å². The van der Waals surface area contributed by atoms with Crippen molar-refractivity contribution in [1.82, 2.24) is 35.9 Å². The number of nitrogens with zero attached hydrogens (tertiary/aromatic N) is 4. The maximum absolute atomic E-state index is 11.6. The molecule has 9 heteroatoms. The number of urea groups is 1. The highest BCUT2D eigenvalue weighted by Crippen LogP contribution is 2.12. The molecule has 2 heterocycles. The molecular weight excluding hydrogens is 260 g/mol. The van der Waals surface area contributed by atoms with Crippen LogP contribution in [0.4, 0.5) is 10.7 Å². The number of H-pyrrole nitrogens is 2. The Kier molecular flexibility index (Phi) is 2.99. The van der Waals surface area contributed by atoms with E-state index < -0.39 is 6.03 Å². The van der Waals surface area contributed by atoms with Gasteiger partial charge in [-0.15, -0.1) is 5.10 Å². The second kappa shape index (κ2) is 4.96. The number of carbonyl (C=O) groups is 1. The van der Waals surface area contributed by atoms with Crippen LogP contribution in [0.5, 0.6) is 0 Å². The highest BCUT2D eigenvalue weighted by molar-refractivity contribution is 5.87. The van der Waals surface area contributed by atoms with Gasteiger partial charge in [0.2, 0.25) is 0 Å². The Morgan fingerprint density at radius 2 is 2.30 bits per heavy atom. The molecule has 0 aliphatic rings. The summed E-state index contributed by atoms with van der Waals surface area (Å²) < 4.78 is 0. The third kappa shape index (κ3) is 2.55. The molecule has 1 aromatic carbocycles. The van der Waals surface area contributed by atoms with Crippen LogP contribution in [0.25, 0.3) is 11.0 Å². The van der Waals surface area contributed by atoms with E-state index in [-0.39, 0.29) is 12.5 Å². The third-order valence-corrected chi connectivity index (χ3v) is 2.67. The van der Waals surface area contributed by atoms with Crippen molar-refractivity contribution in [3.8, 4) is 0 Å². The molecule has 20 heavy (non-hydrogen) atoms. The number of tetrazole rings is 1. The molecule has 0 bridgehead atoms. The Labute approximate surface area is 113 Å². The molecule has 0 aliphatic carbocycles. The first kappa shape index (κ1) is 12.1. The van der Waals surface area contributed by atoms with E-state index in [2.05, 4.69) is 41.2 Å². The first-order valence-corrected chi connectivity index (χ1v) is 5.94. The summed E-state index contributed by atoms with van der Waals surface area (Å²) in [6.07, 6.45) is 0. The maximum atomic E-state index is 11.6. The third-order valence-electron chi connectivity index (χ3n) is 2.67. The minimum atomic E-state index is -0.428. The molecule has 2 aromatic heterocycles. The van der Waals surface area contributed by atoms with Crippen LogP contribution in [0.3, 0.4) is 0 Å². The number of amides is 2. The molecule has 3 rings (SSSR count). The van der Waals surface area contributed by atoms with Gasteiger partial charge in [0.15, 0.2) is 0 Å². The van der Waals surface area contributed by atoms with Gasteiger partial charge in [0, 0.05) is 0 Å². The SMILES string of the molecule is Cc1ccc2nc(CNC(=O)Nc3nn[nH]n3)[nH]c2c1. The van der Waals surface area contributed by atoms with Crippen LogP contribution in [0, 0.1) is 6.92 Å². The van der Waals surface area contributed by atoms with Crippen molar-refractivity contribution in [2.75, 3.05) is 5.32 Å². The normalized spacial score (nSPS) is 10.7. The molecular formula is C11H12N8O. The Morgan fingerprint density at radius 1 is 1.40 bits per heavy atom. The van der Waals surface area contributed by atoms with Gasteiger partial charge in [0.1, 0.15) is 5.82 Å². The summed E-state index contributed by atoms with van der Waals surface area (Å²) in [5, 5.41) is 17.9. The van der Waals surface area contributed by atoms with Gasteiger partial charge in [-0.2, -0.15) is 5.21 Å². The lowest BCUT2D eigenvalue weighted by Crippen LogP contribution is -2.29. The van der Waals surface area contributed by atoms with E-state index in [1.807, 2.05) is 25.1 Å². The Hall–Kier alpha value is -2.97. The minimum absolute atomic E-state index is 0.114. The Bertz CT molecular complexity index is 732. The van der Waals surface area contributed by atoms with Gasteiger partial charge in [-0.05, 0) is 29.8 Å². The van der Waals surface area contributed by atoms with Gasteiger partial charge >= 0.3 is 6.03 Å². The highest BCUT2D eigenvalue weighted by Gasteiger charge is 2.07. The molecule has 0 fully saturated rings. The number of nitrogens with one attached hydrogen (secondary N) is 4. The summed E-state index contributed by atoms with van der Waals surface area (Å²) in [6.45, 7) is 2.29. The van der Waals surface area contributed by atoms with Crippen molar-refractivity contribution < 1.29 is 4.79 Å². The monoisotopic (exact) mass is 272 g/mol. The van der Waals surface area contributed by atoms with Crippen molar-refractivity contribution in [3.63, 3.8) is 0 Å². The second-order valence-electron chi connectivity index (χ2n) is 4.25. The lowest BCUT2D eigenvalue weighted by atomic mass is 10.2. The number of hydrogen-bond donors (Lipinski definition) is 4. The lowest BCUT2D eigenvalue weighted by molar-refractivity contribution is 0.251. The van der Waals surface area contributed by atoms with E-state index in [4.69, 9.17) is 0 Å². The number of imidazole rings is 1. The molecule has 0 saturated carbocycles.